The van der Waals surface area contributed by atoms with Crippen molar-refractivity contribution in [1.82, 2.24) is 8.87 Å². The van der Waals surface area contributed by atoms with E-state index in [0.29, 0.717) is 13.0 Å². The summed E-state index contributed by atoms with van der Waals surface area (Å²) in [6.07, 6.45) is 3.47. The Kier molecular flexibility index (Phi) is 3.89. The van der Waals surface area contributed by atoms with Gasteiger partial charge < -0.3 is 9.30 Å². The number of aromatic nitrogens is 1. The molecule has 0 N–H and O–H groups in total. The largest absolute Gasteiger partial charge is 0.493 e. The Morgan fingerprint density at radius 1 is 1.25 bits per heavy atom. The predicted octanol–water partition coefficient (Wildman–Crippen LogP) is 2.37. The number of rotatable bonds is 4. The number of aryl methyl sites for hydroxylation is 1. The minimum Gasteiger partial charge on any atom is -0.493 e. The van der Waals surface area contributed by atoms with E-state index in [4.69, 9.17) is 4.74 Å². The number of ether oxygens (including phenoxy) is 1. The first-order valence-corrected chi connectivity index (χ1v) is 10.0. The molecular weight excluding hydrogens is 324 g/mol. The standard InChI is InChI=1S/C18H22N2O3S/c1-14-17-3-2-8-19(17)9-10-20(14)24(21,22)12-7-15-4-5-18-16(13-15)6-11-23-18/h2-5,8,13-14H,6-7,9-12H2,1H3/t14-/m1/s1. The van der Waals surface area contributed by atoms with Gasteiger partial charge in [0.15, 0.2) is 0 Å². The number of sulfonamides is 1. The molecule has 0 radical (unpaired) electrons. The van der Waals surface area contributed by atoms with Crippen molar-refractivity contribution in [1.29, 1.82) is 0 Å². The molecule has 0 spiro atoms. The monoisotopic (exact) mass is 346 g/mol. The third kappa shape index (κ3) is 2.74. The van der Waals surface area contributed by atoms with Crippen LogP contribution in [0.2, 0.25) is 0 Å². The molecule has 0 saturated heterocycles. The first-order valence-electron chi connectivity index (χ1n) is 8.44. The fraction of sp³-hybridized carbons (Fsp3) is 0.444. The Hall–Kier alpha value is -1.79. The number of benzene rings is 1. The van der Waals surface area contributed by atoms with Crippen molar-refractivity contribution in [3.05, 3.63) is 53.3 Å². The summed E-state index contributed by atoms with van der Waals surface area (Å²) in [5.74, 6) is 1.09. The molecule has 0 aliphatic carbocycles. The topological polar surface area (TPSA) is 51.5 Å². The molecule has 3 heterocycles. The van der Waals surface area contributed by atoms with E-state index in [9.17, 15) is 8.42 Å². The van der Waals surface area contributed by atoms with Gasteiger partial charge in [-0.2, -0.15) is 4.31 Å². The highest BCUT2D eigenvalue weighted by molar-refractivity contribution is 7.89. The van der Waals surface area contributed by atoms with Crippen molar-refractivity contribution < 1.29 is 13.2 Å². The minimum atomic E-state index is -3.28. The number of hydrogen-bond acceptors (Lipinski definition) is 3. The second-order valence-corrected chi connectivity index (χ2v) is 8.56. The quantitative estimate of drug-likeness (QED) is 0.854. The normalized spacial score (nSPS) is 20.5. The van der Waals surface area contributed by atoms with Crippen molar-refractivity contribution >= 4 is 10.0 Å². The highest BCUT2D eigenvalue weighted by Gasteiger charge is 2.32. The maximum atomic E-state index is 12.8. The zero-order valence-corrected chi connectivity index (χ0v) is 14.6. The summed E-state index contributed by atoms with van der Waals surface area (Å²) in [6.45, 7) is 3.96. The van der Waals surface area contributed by atoms with E-state index in [1.54, 1.807) is 4.31 Å². The SMILES string of the molecule is C[C@@H]1c2cccn2CCN1S(=O)(=O)CCc1ccc2c(c1)CCO2. The molecule has 0 unspecified atom stereocenters. The summed E-state index contributed by atoms with van der Waals surface area (Å²) in [4.78, 5) is 0. The van der Waals surface area contributed by atoms with E-state index in [0.717, 1.165) is 36.6 Å². The summed E-state index contributed by atoms with van der Waals surface area (Å²) in [5, 5.41) is 0. The van der Waals surface area contributed by atoms with Crippen LogP contribution in [0.4, 0.5) is 0 Å². The number of hydrogen-bond donors (Lipinski definition) is 0. The maximum Gasteiger partial charge on any atom is 0.215 e. The summed E-state index contributed by atoms with van der Waals surface area (Å²) in [6, 6.07) is 9.90. The van der Waals surface area contributed by atoms with Gasteiger partial charge in [-0.25, -0.2) is 8.42 Å². The first kappa shape index (κ1) is 15.7. The van der Waals surface area contributed by atoms with Gasteiger partial charge in [-0.15, -0.1) is 0 Å². The highest BCUT2D eigenvalue weighted by atomic mass is 32.2. The molecule has 128 valence electrons. The fourth-order valence-corrected chi connectivity index (χ4v) is 5.37. The van der Waals surface area contributed by atoms with Crippen molar-refractivity contribution in [3.63, 3.8) is 0 Å². The van der Waals surface area contributed by atoms with Crippen LogP contribution in [0.1, 0.15) is 29.8 Å². The Labute approximate surface area is 142 Å². The Morgan fingerprint density at radius 3 is 3.00 bits per heavy atom. The lowest BCUT2D eigenvalue weighted by Gasteiger charge is -2.33. The molecule has 5 nitrogen and oxygen atoms in total. The third-order valence-electron chi connectivity index (χ3n) is 5.05. The molecule has 2 aromatic rings. The van der Waals surface area contributed by atoms with E-state index in [1.807, 2.05) is 37.4 Å². The average molecular weight is 346 g/mol. The van der Waals surface area contributed by atoms with Crippen LogP contribution in [0.3, 0.4) is 0 Å². The van der Waals surface area contributed by atoms with Gasteiger partial charge in [0.25, 0.3) is 0 Å². The van der Waals surface area contributed by atoms with Crippen LogP contribution < -0.4 is 4.74 Å². The van der Waals surface area contributed by atoms with Crippen molar-refractivity contribution in [2.75, 3.05) is 18.9 Å². The molecule has 24 heavy (non-hydrogen) atoms. The van der Waals surface area contributed by atoms with Gasteiger partial charge in [-0.05, 0) is 42.7 Å². The van der Waals surface area contributed by atoms with Crippen molar-refractivity contribution in [3.8, 4) is 5.75 Å². The van der Waals surface area contributed by atoms with E-state index >= 15 is 0 Å². The smallest absolute Gasteiger partial charge is 0.215 e. The molecule has 0 amide bonds. The zero-order valence-electron chi connectivity index (χ0n) is 13.8. The Bertz CT molecular complexity index is 857. The molecule has 1 atom stereocenters. The van der Waals surface area contributed by atoms with E-state index in [1.165, 1.54) is 5.56 Å². The van der Waals surface area contributed by atoms with Gasteiger partial charge in [0.2, 0.25) is 10.0 Å². The summed E-state index contributed by atoms with van der Waals surface area (Å²) in [5.41, 5.74) is 3.32. The van der Waals surface area contributed by atoms with Gasteiger partial charge in [0, 0.05) is 31.4 Å². The number of fused-ring (bicyclic) bond motifs is 2. The lowest BCUT2D eigenvalue weighted by molar-refractivity contribution is 0.282. The summed E-state index contributed by atoms with van der Waals surface area (Å²) < 4.78 is 34.9. The summed E-state index contributed by atoms with van der Waals surface area (Å²) in [7, 11) is -3.28. The molecule has 6 heteroatoms. The van der Waals surface area contributed by atoms with Crippen LogP contribution in [0, 0.1) is 0 Å². The molecule has 0 bridgehead atoms. The molecule has 1 aromatic carbocycles. The molecular formula is C18H22N2O3S. The average Bonchev–Trinajstić information content (AvgIpc) is 3.21. The van der Waals surface area contributed by atoms with Crippen molar-refractivity contribution in [2.24, 2.45) is 0 Å². The summed E-state index contributed by atoms with van der Waals surface area (Å²) >= 11 is 0. The molecule has 0 saturated carbocycles. The third-order valence-corrected chi connectivity index (χ3v) is 6.98. The van der Waals surface area contributed by atoms with Crippen LogP contribution in [0.25, 0.3) is 0 Å². The van der Waals surface area contributed by atoms with Gasteiger partial charge in [-0.3, -0.25) is 0 Å². The number of nitrogens with zero attached hydrogens (tertiary/aromatic N) is 2. The molecule has 2 aliphatic rings. The molecule has 2 aliphatic heterocycles. The second-order valence-electron chi connectivity index (χ2n) is 6.52. The predicted molar refractivity (Wildman–Crippen MR) is 92.7 cm³/mol. The van der Waals surface area contributed by atoms with Gasteiger partial charge >= 0.3 is 0 Å². The minimum absolute atomic E-state index is 0.104. The Morgan fingerprint density at radius 2 is 2.12 bits per heavy atom. The molecule has 4 rings (SSSR count). The highest BCUT2D eigenvalue weighted by Crippen LogP contribution is 2.29. The van der Waals surface area contributed by atoms with Crippen LogP contribution in [0.5, 0.6) is 5.75 Å². The van der Waals surface area contributed by atoms with Gasteiger partial charge in [-0.1, -0.05) is 12.1 Å². The first-order chi connectivity index (χ1) is 11.5. The molecule has 0 fully saturated rings. The van der Waals surface area contributed by atoms with Gasteiger partial charge in [0.1, 0.15) is 5.75 Å². The van der Waals surface area contributed by atoms with E-state index < -0.39 is 10.0 Å². The Balaban J connectivity index is 1.48. The van der Waals surface area contributed by atoms with E-state index in [2.05, 4.69) is 10.6 Å². The van der Waals surface area contributed by atoms with Crippen molar-refractivity contribution in [2.45, 2.75) is 32.4 Å². The lowest BCUT2D eigenvalue weighted by Crippen LogP contribution is -2.42. The maximum absolute atomic E-state index is 12.8. The van der Waals surface area contributed by atoms with Crippen LogP contribution in [0.15, 0.2) is 36.5 Å². The van der Waals surface area contributed by atoms with Crippen LogP contribution in [-0.2, 0) is 29.4 Å². The van der Waals surface area contributed by atoms with Crippen LogP contribution >= 0.6 is 0 Å². The van der Waals surface area contributed by atoms with Crippen LogP contribution in [-0.4, -0.2) is 36.2 Å². The molecule has 1 aromatic heterocycles. The second kappa shape index (κ2) is 5.93. The van der Waals surface area contributed by atoms with Gasteiger partial charge in [0.05, 0.1) is 18.4 Å². The zero-order chi connectivity index (χ0) is 16.7. The fourth-order valence-electron chi connectivity index (χ4n) is 3.70. The lowest BCUT2D eigenvalue weighted by atomic mass is 10.1. The van der Waals surface area contributed by atoms with E-state index in [-0.39, 0.29) is 11.8 Å².